The Hall–Kier alpha value is -1.64. The van der Waals surface area contributed by atoms with E-state index in [2.05, 4.69) is 10.1 Å². The summed E-state index contributed by atoms with van der Waals surface area (Å²) in [5.74, 6) is 0.0977. The van der Waals surface area contributed by atoms with Crippen LogP contribution >= 0.6 is 11.6 Å². The maximum atomic E-state index is 12.4. The van der Waals surface area contributed by atoms with Crippen LogP contribution in [0.4, 0.5) is 5.82 Å². The molecule has 0 aliphatic rings. The Bertz CT molecular complexity index is 728. The van der Waals surface area contributed by atoms with E-state index in [1.807, 2.05) is 0 Å². The lowest BCUT2D eigenvalue weighted by atomic mass is 10.4. The number of sulfonamides is 1. The normalized spacial score (nSPS) is 12.0. The van der Waals surface area contributed by atoms with Gasteiger partial charge in [-0.25, -0.2) is 13.4 Å². The molecule has 0 fully saturated rings. The van der Waals surface area contributed by atoms with Gasteiger partial charge in [-0.15, -0.1) is 0 Å². The molecule has 0 unspecified atom stereocenters. The first kappa shape index (κ1) is 14.8. The maximum absolute atomic E-state index is 12.4. The molecule has 2 rings (SSSR count). The number of aryl methyl sites for hydroxylation is 1. The summed E-state index contributed by atoms with van der Waals surface area (Å²) >= 11 is 5.80. The van der Waals surface area contributed by atoms with Crippen LogP contribution in [0.2, 0.25) is 5.02 Å². The van der Waals surface area contributed by atoms with Crippen LogP contribution in [0.25, 0.3) is 0 Å². The van der Waals surface area contributed by atoms with Crippen LogP contribution < -0.4 is 5.73 Å². The lowest BCUT2D eigenvalue weighted by molar-refractivity contribution is 0.466. The van der Waals surface area contributed by atoms with Gasteiger partial charge in [0.25, 0.3) is 0 Å². The van der Waals surface area contributed by atoms with E-state index in [-0.39, 0.29) is 22.3 Å². The first-order valence-electron chi connectivity index (χ1n) is 5.65. The van der Waals surface area contributed by atoms with Gasteiger partial charge >= 0.3 is 0 Å². The van der Waals surface area contributed by atoms with E-state index in [1.54, 1.807) is 24.1 Å². The number of rotatable bonds is 4. The molecule has 2 heterocycles. The first-order valence-corrected chi connectivity index (χ1v) is 7.47. The topological polar surface area (TPSA) is 94.1 Å². The van der Waals surface area contributed by atoms with Crippen LogP contribution in [0.5, 0.6) is 0 Å². The molecule has 0 aliphatic heterocycles. The van der Waals surface area contributed by atoms with Crippen LogP contribution in [0.1, 0.15) is 5.56 Å². The van der Waals surface area contributed by atoms with E-state index in [1.165, 1.54) is 23.6 Å². The van der Waals surface area contributed by atoms with Gasteiger partial charge in [-0.3, -0.25) is 4.68 Å². The van der Waals surface area contributed by atoms with Crippen molar-refractivity contribution in [3.63, 3.8) is 0 Å². The molecule has 2 N–H and O–H groups in total. The Labute approximate surface area is 122 Å². The third kappa shape index (κ3) is 2.92. The van der Waals surface area contributed by atoms with E-state index in [9.17, 15) is 8.42 Å². The van der Waals surface area contributed by atoms with E-state index in [4.69, 9.17) is 17.3 Å². The number of pyridine rings is 1. The number of nitrogen functional groups attached to an aromatic ring is 1. The molecule has 0 amide bonds. The summed E-state index contributed by atoms with van der Waals surface area (Å²) in [5.41, 5.74) is 6.26. The minimum Gasteiger partial charge on any atom is -0.382 e. The molecule has 0 aliphatic carbocycles. The quantitative estimate of drug-likeness (QED) is 0.903. The Balaban J connectivity index is 2.27. The minimum atomic E-state index is -3.67. The number of nitrogens with zero attached hydrogens (tertiary/aromatic N) is 4. The van der Waals surface area contributed by atoms with Gasteiger partial charge in [0, 0.05) is 38.6 Å². The Morgan fingerprint density at radius 1 is 1.45 bits per heavy atom. The number of hydrogen-bond acceptors (Lipinski definition) is 5. The molecule has 0 saturated heterocycles. The van der Waals surface area contributed by atoms with Crippen LogP contribution in [-0.2, 0) is 23.6 Å². The van der Waals surface area contributed by atoms with Crippen molar-refractivity contribution in [2.24, 2.45) is 7.05 Å². The summed E-state index contributed by atoms with van der Waals surface area (Å²) in [6.45, 7) is 0.207. The Morgan fingerprint density at radius 2 is 2.15 bits per heavy atom. The Morgan fingerprint density at radius 3 is 2.70 bits per heavy atom. The van der Waals surface area contributed by atoms with Gasteiger partial charge in [-0.05, 0) is 6.07 Å². The molecule has 2 aromatic rings. The smallest absolute Gasteiger partial charge is 0.244 e. The SMILES string of the molecule is CN(Cc1cnn(C)c1)S(=O)(=O)c1cnc(N)c(Cl)c1. The lowest BCUT2D eigenvalue weighted by Gasteiger charge is -2.16. The van der Waals surface area contributed by atoms with Crippen molar-refractivity contribution in [2.45, 2.75) is 11.4 Å². The summed E-state index contributed by atoms with van der Waals surface area (Å²) in [5, 5.41) is 4.11. The highest BCUT2D eigenvalue weighted by Gasteiger charge is 2.22. The molecule has 108 valence electrons. The zero-order chi connectivity index (χ0) is 14.9. The molecular formula is C11H14ClN5O2S. The monoisotopic (exact) mass is 315 g/mol. The molecule has 7 nitrogen and oxygen atoms in total. The summed E-state index contributed by atoms with van der Waals surface area (Å²) in [6.07, 6.45) is 4.55. The highest BCUT2D eigenvalue weighted by Crippen LogP contribution is 2.22. The van der Waals surface area contributed by atoms with Crippen LogP contribution in [-0.4, -0.2) is 34.5 Å². The third-order valence-corrected chi connectivity index (χ3v) is 4.79. The van der Waals surface area contributed by atoms with Crippen molar-refractivity contribution < 1.29 is 8.42 Å². The minimum absolute atomic E-state index is 0.00286. The summed E-state index contributed by atoms with van der Waals surface area (Å²) in [6, 6.07) is 1.29. The van der Waals surface area contributed by atoms with E-state index >= 15 is 0 Å². The molecule has 9 heteroatoms. The van der Waals surface area contributed by atoms with Gasteiger partial charge in [0.1, 0.15) is 10.7 Å². The van der Waals surface area contributed by atoms with Crippen LogP contribution in [0, 0.1) is 0 Å². The zero-order valence-electron chi connectivity index (χ0n) is 11.0. The fourth-order valence-electron chi connectivity index (χ4n) is 1.65. The van der Waals surface area contributed by atoms with Gasteiger partial charge in [0.2, 0.25) is 10.0 Å². The predicted octanol–water partition coefficient (Wildman–Crippen LogP) is 0.871. The average Bonchev–Trinajstić information content (AvgIpc) is 2.78. The van der Waals surface area contributed by atoms with Crippen molar-refractivity contribution >= 4 is 27.4 Å². The third-order valence-electron chi connectivity index (χ3n) is 2.72. The van der Waals surface area contributed by atoms with Gasteiger partial charge in [0.05, 0.1) is 11.2 Å². The van der Waals surface area contributed by atoms with Gasteiger partial charge < -0.3 is 5.73 Å². The van der Waals surface area contributed by atoms with Crippen molar-refractivity contribution in [1.29, 1.82) is 0 Å². The summed E-state index contributed by atoms with van der Waals surface area (Å²) in [4.78, 5) is 3.76. The van der Waals surface area contributed by atoms with E-state index < -0.39 is 10.0 Å². The number of halogens is 1. The molecule has 0 saturated carbocycles. The standard InChI is InChI=1S/C11H14ClN5O2S/c1-16-6-8(4-15-16)7-17(2)20(18,19)9-3-10(12)11(13)14-5-9/h3-6H,7H2,1-2H3,(H2,13,14). The second kappa shape index (κ2) is 5.39. The van der Waals surface area contributed by atoms with Gasteiger partial charge in [-0.1, -0.05) is 11.6 Å². The van der Waals surface area contributed by atoms with Gasteiger partial charge in [0.15, 0.2) is 0 Å². The highest BCUT2D eigenvalue weighted by atomic mass is 35.5. The molecule has 0 aromatic carbocycles. The van der Waals surface area contributed by atoms with Crippen molar-refractivity contribution in [1.82, 2.24) is 19.1 Å². The van der Waals surface area contributed by atoms with E-state index in [0.29, 0.717) is 0 Å². The average molecular weight is 316 g/mol. The number of hydrogen-bond donors (Lipinski definition) is 1. The maximum Gasteiger partial charge on any atom is 0.244 e. The van der Waals surface area contributed by atoms with Gasteiger partial charge in [-0.2, -0.15) is 9.40 Å². The fraction of sp³-hybridized carbons (Fsp3) is 0.273. The molecular weight excluding hydrogens is 302 g/mol. The molecule has 0 spiro atoms. The summed E-state index contributed by atoms with van der Waals surface area (Å²) < 4.78 is 27.5. The molecule has 0 bridgehead atoms. The van der Waals surface area contributed by atoms with Crippen LogP contribution in [0.3, 0.4) is 0 Å². The highest BCUT2D eigenvalue weighted by molar-refractivity contribution is 7.89. The number of anilines is 1. The molecule has 2 aromatic heterocycles. The predicted molar refractivity (Wildman–Crippen MR) is 75.5 cm³/mol. The molecule has 20 heavy (non-hydrogen) atoms. The van der Waals surface area contributed by atoms with Crippen molar-refractivity contribution in [3.8, 4) is 0 Å². The first-order chi connectivity index (χ1) is 9.30. The fourth-order valence-corrected chi connectivity index (χ4v) is 3.01. The van der Waals surface area contributed by atoms with E-state index in [0.717, 1.165) is 5.56 Å². The Kier molecular flexibility index (Phi) is 3.98. The second-order valence-electron chi connectivity index (χ2n) is 4.32. The van der Waals surface area contributed by atoms with Crippen LogP contribution in [0.15, 0.2) is 29.6 Å². The van der Waals surface area contributed by atoms with Crippen molar-refractivity contribution in [2.75, 3.05) is 12.8 Å². The number of aromatic nitrogens is 3. The largest absolute Gasteiger partial charge is 0.382 e. The summed E-state index contributed by atoms with van der Waals surface area (Å²) in [7, 11) is -0.429. The molecule has 0 atom stereocenters. The lowest BCUT2D eigenvalue weighted by Crippen LogP contribution is -2.26. The number of nitrogens with two attached hydrogens (primary N) is 1. The zero-order valence-corrected chi connectivity index (χ0v) is 12.6. The second-order valence-corrected chi connectivity index (χ2v) is 6.77. The molecule has 0 radical (unpaired) electrons. The van der Waals surface area contributed by atoms with Crippen molar-refractivity contribution in [3.05, 3.63) is 35.2 Å².